The van der Waals surface area contributed by atoms with Crippen LogP contribution in [-0.2, 0) is 0 Å². The minimum Gasteiger partial charge on any atom is -0.295 e. The SMILES string of the molecule is C[C@H](NC(c1ccccc1)C(F)(F)F)c1cccs1. The molecule has 1 N–H and O–H groups in total. The Labute approximate surface area is 114 Å². The maximum Gasteiger partial charge on any atom is 0.407 e. The third-order valence-electron chi connectivity index (χ3n) is 2.85. The van der Waals surface area contributed by atoms with Gasteiger partial charge in [-0.1, -0.05) is 36.4 Å². The van der Waals surface area contributed by atoms with E-state index in [-0.39, 0.29) is 11.6 Å². The Morgan fingerprint density at radius 1 is 1.05 bits per heavy atom. The third-order valence-corrected chi connectivity index (χ3v) is 3.90. The Balaban J connectivity index is 2.20. The van der Waals surface area contributed by atoms with E-state index < -0.39 is 12.2 Å². The van der Waals surface area contributed by atoms with Gasteiger partial charge in [0.05, 0.1) is 0 Å². The van der Waals surface area contributed by atoms with Crippen LogP contribution < -0.4 is 5.32 Å². The lowest BCUT2D eigenvalue weighted by molar-refractivity contribution is -0.159. The average Bonchev–Trinajstić information content (AvgIpc) is 2.89. The summed E-state index contributed by atoms with van der Waals surface area (Å²) in [5, 5.41) is 4.52. The van der Waals surface area contributed by atoms with Crippen LogP contribution in [0.2, 0.25) is 0 Å². The monoisotopic (exact) mass is 285 g/mol. The second kappa shape index (κ2) is 5.75. The molecule has 0 aliphatic heterocycles. The largest absolute Gasteiger partial charge is 0.407 e. The lowest BCUT2D eigenvalue weighted by atomic mass is 10.1. The van der Waals surface area contributed by atoms with Gasteiger partial charge in [-0.05, 0) is 23.9 Å². The molecule has 2 atom stereocenters. The molecule has 1 nitrogen and oxygen atoms in total. The van der Waals surface area contributed by atoms with Gasteiger partial charge >= 0.3 is 6.18 Å². The van der Waals surface area contributed by atoms with Crippen molar-refractivity contribution in [1.29, 1.82) is 0 Å². The van der Waals surface area contributed by atoms with Gasteiger partial charge in [0.1, 0.15) is 6.04 Å². The van der Waals surface area contributed by atoms with E-state index >= 15 is 0 Å². The van der Waals surface area contributed by atoms with Gasteiger partial charge in [-0.3, -0.25) is 5.32 Å². The fraction of sp³-hybridized carbons (Fsp3) is 0.286. The van der Waals surface area contributed by atoms with Crippen LogP contribution in [0.5, 0.6) is 0 Å². The first kappa shape index (κ1) is 14.1. The maximum atomic E-state index is 13.1. The molecular weight excluding hydrogens is 271 g/mol. The van der Waals surface area contributed by atoms with Crippen LogP contribution in [0.1, 0.15) is 29.4 Å². The molecule has 1 aromatic heterocycles. The van der Waals surface area contributed by atoms with Gasteiger partial charge in [0.15, 0.2) is 0 Å². The zero-order valence-electron chi connectivity index (χ0n) is 10.3. The minimum absolute atomic E-state index is 0.235. The number of hydrogen-bond acceptors (Lipinski definition) is 2. The Bertz CT molecular complexity index is 493. The van der Waals surface area contributed by atoms with Crippen molar-refractivity contribution in [3.8, 4) is 0 Å². The number of hydrogen-bond donors (Lipinski definition) is 1. The first-order valence-electron chi connectivity index (χ1n) is 5.89. The first-order valence-corrected chi connectivity index (χ1v) is 6.77. The van der Waals surface area contributed by atoms with E-state index in [4.69, 9.17) is 0 Å². The summed E-state index contributed by atoms with van der Waals surface area (Å²) in [6.07, 6.45) is -4.31. The molecule has 19 heavy (non-hydrogen) atoms. The van der Waals surface area contributed by atoms with E-state index in [0.29, 0.717) is 0 Å². The molecule has 2 rings (SSSR count). The Hall–Kier alpha value is -1.33. The molecule has 0 bridgehead atoms. The molecule has 102 valence electrons. The highest BCUT2D eigenvalue weighted by Gasteiger charge is 2.41. The summed E-state index contributed by atoms with van der Waals surface area (Å²) >= 11 is 1.45. The van der Waals surface area contributed by atoms with Gasteiger partial charge in [-0.15, -0.1) is 11.3 Å². The highest BCUT2D eigenvalue weighted by atomic mass is 32.1. The highest BCUT2D eigenvalue weighted by molar-refractivity contribution is 7.10. The highest BCUT2D eigenvalue weighted by Crippen LogP contribution is 2.35. The molecule has 2 aromatic rings. The molecule has 0 spiro atoms. The summed E-state index contributed by atoms with van der Waals surface area (Å²) in [6, 6.07) is 9.61. The molecule has 1 aromatic carbocycles. The Kier molecular flexibility index (Phi) is 4.27. The van der Waals surface area contributed by atoms with Crippen LogP contribution in [0.25, 0.3) is 0 Å². The van der Waals surface area contributed by atoms with Crippen LogP contribution in [0.4, 0.5) is 13.2 Å². The molecule has 1 heterocycles. The van der Waals surface area contributed by atoms with Crippen LogP contribution in [0.15, 0.2) is 47.8 Å². The summed E-state index contributed by atoms with van der Waals surface area (Å²) in [6.45, 7) is 1.74. The van der Waals surface area contributed by atoms with Crippen molar-refractivity contribution < 1.29 is 13.2 Å². The van der Waals surface area contributed by atoms with E-state index in [9.17, 15) is 13.2 Å². The van der Waals surface area contributed by atoms with Crippen LogP contribution in [-0.4, -0.2) is 6.18 Å². The molecule has 5 heteroatoms. The molecule has 0 saturated carbocycles. The number of nitrogens with one attached hydrogen (secondary N) is 1. The van der Waals surface area contributed by atoms with Gasteiger partial charge in [-0.25, -0.2) is 0 Å². The number of thiophene rings is 1. The van der Waals surface area contributed by atoms with Crippen LogP contribution in [0.3, 0.4) is 0 Å². The minimum atomic E-state index is -4.31. The van der Waals surface area contributed by atoms with Crippen molar-refractivity contribution in [2.45, 2.75) is 25.2 Å². The van der Waals surface area contributed by atoms with E-state index in [1.807, 2.05) is 17.5 Å². The van der Waals surface area contributed by atoms with Crippen molar-refractivity contribution in [1.82, 2.24) is 5.32 Å². The van der Waals surface area contributed by atoms with Gasteiger partial charge in [0.25, 0.3) is 0 Å². The number of halogens is 3. The second-order valence-corrected chi connectivity index (χ2v) is 5.27. The molecular formula is C14H14F3NS. The van der Waals surface area contributed by atoms with Gasteiger partial charge in [-0.2, -0.15) is 13.2 Å². The number of alkyl halides is 3. The molecule has 0 saturated heterocycles. The third kappa shape index (κ3) is 3.58. The maximum absolute atomic E-state index is 13.1. The summed E-state index contributed by atoms with van der Waals surface area (Å²) < 4.78 is 39.4. The molecule has 0 amide bonds. The summed E-state index contributed by atoms with van der Waals surface area (Å²) in [5.74, 6) is 0. The summed E-state index contributed by atoms with van der Waals surface area (Å²) in [5.41, 5.74) is 0.235. The number of rotatable bonds is 4. The van der Waals surface area contributed by atoms with Gasteiger partial charge < -0.3 is 0 Å². The zero-order valence-corrected chi connectivity index (χ0v) is 11.1. The van der Waals surface area contributed by atoms with E-state index in [2.05, 4.69) is 5.32 Å². The predicted molar refractivity (Wildman–Crippen MR) is 71.1 cm³/mol. The van der Waals surface area contributed by atoms with Gasteiger partial charge in [0, 0.05) is 10.9 Å². The smallest absolute Gasteiger partial charge is 0.295 e. The zero-order chi connectivity index (χ0) is 13.9. The summed E-state index contributed by atoms with van der Waals surface area (Å²) in [4.78, 5) is 0.894. The van der Waals surface area contributed by atoms with Gasteiger partial charge in [0.2, 0.25) is 0 Å². The second-order valence-electron chi connectivity index (χ2n) is 4.29. The van der Waals surface area contributed by atoms with Crippen molar-refractivity contribution in [2.75, 3.05) is 0 Å². The van der Waals surface area contributed by atoms with Crippen molar-refractivity contribution >= 4 is 11.3 Å². The Morgan fingerprint density at radius 2 is 1.74 bits per heavy atom. The molecule has 0 aliphatic rings. The first-order chi connectivity index (χ1) is 8.98. The standard InChI is InChI=1S/C14H14F3NS/c1-10(12-8-5-9-19-12)18-13(14(15,16)17)11-6-3-2-4-7-11/h2-10,13,18H,1H3/t10-,13?/m0/s1. The van der Waals surface area contributed by atoms with E-state index in [0.717, 1.165) is 4.88 Å². The van der Waals surface area contributed by atoms with Crippen molar-refractivity contribution in [3.05, 3.63) is 58.3 Å². The number of benzene rings is 1. The Morgan fingerprint density at radius 3 is 2.26 bits per heavy atom. The molecule has 0 aliphatic carbocycles. The fourth-order valence-electron chi connectivity index (χ4n) is 1.89. The van der Waals surface area contributed by atoms with Crippen LogP contribution >= 0.6 is 11.3 Å². The lowest BCUT2D eigenvalue weighted by Gasteiger charge is -2.25. The van der Waals surface area contributed by atoms with E-state index in [1.165, 1.54) is 23.5 Å². The predicted octanol–water partition coefficient (Wildman–Crippen LogP) is 4.70. The average molecular weight is 285 g/mol. The van der Waals surface area contributed by atoms with Crippen LogP contribution in [0, 0.1) is 0 Å². The van der Waals surface area contributed by atoms with E-state index in [1.54, 1.807) is 25.1 Å². The van der Waals surface area contributed by atoms with Crippen molar-refractivity contribution in [3.63, 3.8) is 0 Å². The fourth-order valence-corrected chi connectivity index (χ4v) is 2.64. The molecule has 1 unspecified atom stereocenters. The quantitative estimate of drug-likeness (QED) is 0.858. The lowest BCUT2D eigenvalue weighted by Crippen LogP contribution is -2.35. The normalized spacial score (nSPS) is 15.2. The summed E-state index contributed by atoms with van der Waals surface area (Å²) in [7, 11) is 0. The topological polar surface area (TPSA) is 12.0 Å². The van der Waals surface area contributed by atoms with Crippen molar-refractivity contribution in [2.24, 2.45) is 0 Å². The molecule has 0 fully saturated rings. The molecule has 0 radical (unpaired) electrons.